The van der Waals surface area contributed by atoms with Gasteiger partial charge in [0.2, 0.25) is 0 Å². The molecule has 0 radical (unpaired) electrons. The molecule has 0 fully saturated rings. The van der Waals surface area contributed by atoms with Gasteiger partial charge in [-0.1, -0.05) is 39.0 Å². The van der Waals surface area contributed by atoms with Gasteiger partial charge in [-0.2, -0.15) is 0 Å². The largest absolute Gasteiger partial charge is 0.491 e. The van der Waals surface area contributed by atoms with Gasteiger partial charge in [0.15, 0.2) is 0 Å². The van der Waals surface area contributed by atoms with Crippen LogP contribution in [0.4, 0.5) is 0 Å². The third-order valence-electron chi connectivity index (χ3n) is 2.78. The van der Waals surface area contributed by atoms with Crippen LogP contribution in [0.5, 0.6) is 5.75 Å². The summed E-state index contributed by atoms with van der Waals surface area (Å²) in [4.78, 5) is 0. The lowest BCUT2D eigenvalue weighted by atomic mass is 10.1. The topological polar surface area (TPSA) is 30.5 Å². The number of benzene rings is 1. The Balaban J connectivity index is 2.46. The second-order valence-corrected chi connectivity index (χ2v) is 5.16. The van der Waals surface area contributed by atoms with Crippen molar-refractivity contribution in [3.8, 4) is 5.75 Å². The Morgan fingerprint density at radius 2 is 2.00 bits per heavy atom. The van der Waals surface area contributed by atoms with Crippen molar-refractivity contribution < 1.29 is 9.47 Å². The predicted octanol–water partition coefficient (Wildman–Crippen LogP) is 3.16. The summed E-state index contributed by atoms with van der Waals surface area (Å²) >= 11 is 0. The molecule has 0 aliphatic heterocycles. The fourth-order valence-electron chi connectivity index (χ4n) is 1.84. The summed E-state index contributed by atoms with van der Waals surface area (Å²) in [6.45, 7) is 12.3. The number of rotatable bonds is 9. The first-order valence-electron chi connectivity index (χ1n) is 7.14. The Kier molecular flexibility index (Phi) is 7.53. The van der Waals surface area contributed by atoms with Crippen molar-refractivity contribution in [3.63, 3.8) is 0 Å². The number of hydrogen-bond acceptors (Lipinski definition) is 3. The minimum Gasteiger partial charge on any atom is -0.491 e. The minimum atomic E-state index is 0.572. The van der Waals surface area contributed by atoms with E-state index in [0.717, 1.165) is 25.4 Å². The van der Waals surface area contributed by atoms with Crippen LogP contribution >= 0.6 is 0 Å². The number of para-hydroxylation sites is 1. The molecule has 0 atom stereocenters. The first-order chi connectivity index (χ1) is 9.15. The average molecular weight is 265 g/mol. The van der Waals surface area contributed by atoms with Crippen LogP contribution in [-0.4, -0.2) is 26.4 Å². The maximum absolute atomic E-state index is 5.88. The van der Waals surface area contributed by atoms with Crippen molar-refractivity contribution >= 4 is 0 Å². The van der Waals surface area contributed by atoms with Crippen molar-refractivity contribution in [1.82, 2.24) is 5.32 Å². The van der Waals surface area contributed by atoms with Gasteiger partial charge in [-0.3, -0.25) is 0 Å². The fraction of sp³-hybridized carbons (Fsp3) is 0.625. The predicted molar refractivity (Wildman–Crippen MR) is 79.7 cm³/mol. The molecule has 3 nitrogen and oxygen atoms in total. The number of nitrogens with one attached hydrogen (secondary N) is 1. The van der Waals surface area contributed by atoms with Gasteiger partial charge >= 0.3 is 0 Å². The molecule has 1 N–H and O–H groups in total. The quantitative estimate of drug-likeness (QED) is 0.696. The molecule has 0 spiro atoms. The Morgan fingerprint density at radius 3 is 2.68 bits per heavy atom. The van der Waals surface area contributed by atoms with Crippen LogP contribution in [0.15, 0.2) is 18.2 Å². The third-order valence-corrected chi connectivity index (χ3v) is 2.78. The third kappa shape index (κ3) is 6.08. The lowest BCUT2D eigenvalue weighted by Crippen LogP contribution is -2.15. The van der Waals surface area contributed by atoms with E-state index in [9.17, 15) is 0 Å². The van der Waals surface area contributed by atoms with Crippen LogP contribution in [0.2, 0.25) is 0 Å². The molecule has 0 unspecified atom stereocenters. The highest BCUT2D eigenvalue weighted by Gasteiger charge is 2.06. The molecule has 0 aliphatic carbocycles. The van der Waals surface area contributed by atoms with Gasteiger partial charge in [0.1, 0.15) is 12.4 Å². The molecule has 0 bridgehead atoms. The molecule has 108 valence electrons. The van der Waals surface area contributed by atoms with E-state index < -0.39 is 0 Å². The molecule has 0 aliphatic rings. The zero-order valence-electron chi connectivity index (χ0n) is 12.7. The molecule has 1 rings (SSSR count). The molecule has 3 heteroatoms. The molecule has 19 heavy (non-hydrogen) atoms. The van der Waals surface area contributed by atoms with Crippen molar-refractivity contribution in [1.29, 1.82) is 0 Å². The number of ether oxygens (including phenoxy) is 2. The Labute approximate surface area is 117 Å². The maximum atomic E-state index is 5.88. The van der Waals surface area contributed by atoms with Gasteiger partial charge in [0.25, 0.3) is 0 Å². The van der Waals surface area contributed by atoms with Gasteiger partial charge in [0.05, 0.1) is 6.61 Å². The van der Waals surface area contributed by atoms with Crippen LogP contribution < -0.4 is 10.1 Å². The van der Waals surface area contributed by atoms with Crippen molar-refractivity contribution in [2.75, 3.05) is 26.4 Å². The van der Waals surface area contributed by atoms with Gasteiger partial charge < -0.3 is 14.8 Å². The second kappa shape index (κ2) is 8.94. The molecular formula is C16H27NO2. The molecule has 0 saturated carbocycles. The summed E-state index contributed by atoms with van der Waals surface area (Å²) in [5.41, 5.74) is 2.39. The standard InChI is InChI=1S/C16H27NO2/c1-5-17-11-15-8-6-7-14(4)16(15)19-10-9-18-12-13(2)3/h6-8,13,17H,5,9-12H2,1-4H3. The van der Waals surface area contributed by atoms with Gasteiger partial charge in [-0.25, -0.2) is 0 Å². The Hall–Kier alpha value is -1.06. The van der Waals surface area contributed by atoms with Crippen LogP contribution in [0.1, 0.15) is 31.9 Å². The molecule has 1 aromatic carbocycles. The SMILES string of the molecule is CCNCc1cccc(C)c1OCCOCC(C)C. The highest BCUT2D eigenvalue weighted by Crippen LogP contribution is 2.23. The Morgan fingerprint density at radius 1 is 1.21 bits per heavy atom. The highest BCUT2D eigenvalue weighted by molar-refractivity contribution is 5.40. The van der Waals surface area contributed by atoms with Crippen LogP contribution in [0.3, 0.4) is 0 Å². The van der Waals surface area contributed by atoms with Crippen LogP contribution in [0, 0.1) is 12.8 Å². The molecule has 0 saturated heterocycles. The maximum Gasteiger partial charge on any atom is 0.126 e. The number of hydrogen-bond donors (Lipinski definition) is 1. The zero-order chi connectivity index (χ0) is 14.1. The van der Waals surface area contributed by atoms with Crippen molar-refractivity contribution in [2.24, 2.45) is 5.92 Å². The average Bonchev–Trinajstić information content (AvgIpc) is 2.37. The lowest BCUT2D eigenvalue weighted by molar-refractivity contribution is 0.0814. The number of aryl methyl sites for hydroxylation is 1. The first-order valence-corrected chi connectivity index (χ1v) is 7.14. The van der Waals surface area contributed by atoms with Gasteiger partial charge in [-0.15, -0.1) is 0 Å². The van der Waals surface area contributed by atoms with E-state index in [4.69, 9.17) is 9.47 Å². The van der Waals surface area contributed by atoms with Gasteiger partial charge in [0, 0.05) is 18.7 Å². The summed E-state index contributed by atoms with van der Waals surface area (Å²) in [6.07, 6.45) is 0. The zero-order valence-corrected chi connectivity index (χ0v) is 12.7. The van der Waals surface area contributed by atoms with Crippen molar-refractivity contribution in [3.05, 3.63) is 29.3 Å². The minimum absolute atomic E-state index is 0.572. The second-order valence-electron chi connectivity index (χ2n) is 5.16. The smallest absolute Gasteiger partial charge is 0.126 e. The van der Waals surface area contributed by atoms with Crippen LogP contribution in [0.25, 0.3) is 0 Å². The van der Waals surface area contributed by atoms with E-state index in [1.165, 1.54) is 11.1 Å². The molecule has 0 amide bonds. The summed E-state index contributed by atoms with van der Waals surface area (Å²) in [5, 5.41) is 3.34. The fourth-order valence-corrected chi connectivity index (χ4v) is 1.84. The van der Waals surface area contributed by atoms with E-state index in [2.05, 4.69) is 51.2 Å². The molecule has 1 aromatic rings. The van der Waals surface area contributed by atoms with E-state index in [-0.39, 0.29) is 0 Å². The Bertz CT molecular complexity index is 364. The van der Waals surface area contributed by atoms with Gasteiger partial charge in [-0.05, 0) is 24.9 Å². The van der Waals surface area contributed by atoms with E-state index in [1.54, 1.807) is 0 Å². The summed E-state index contributed by atoms with van der Waals surface area (Å²) < 4.78 is 11.4. The van der Waals surface area contributed by atoms with E-state index >= 15 is 0 Å². The van der Waals surface area contributed by atoms with E-state index in [0.29, 0.717) is 19.1 Å². The van der Waals surface area contributed by atoms with Crippen molar-refractivity contribution in [2.45, 2.75) is 34.2 Å². The molecular weight excluding hydrogens is 238 g/mol. The first kappa shape index (κ1) is 16.0. The van der Waals surface area contributed by atoms with Crippen LogP contribution in [-0.2, 0) is 11.3 Å². The normalized spacial score (nSPS) is 11.0. The summed E-state index contributed by atoms with van der Waals surface area (Å²) in [7, 11) is 0. The summed E-state index contributed by atoms with van der Waals surface area (Å²) in [6, 6.07) is 6.27. The van der Waals surface area contributed by atoms with E-state index in [1.807, 2.05) is 0 Å². The monoisotopic (exact) mass is 265 g/mol. The highest BCUT2D eigenvalue weighted by atomic mass is 16.5. The summed E-state index contributed by atoms with van der Waals surface area (Å²) in [5.74, 6) is 1.57. The molecule has 0 heterocycles. The molecule has 0 aromatic heterocycles. The lowest BCUT2D eigenvalue weighted by Gasteiger charge is -2.15.